The maximum atomic E-state index is 12.9. The molecule has 0 heterocycles. The van der Waals surface area contributed by atoms with E-state index in [9.17, 15) is 9.59 Å². The number of halogens is 1. The summed E-state index contributed by atoms with van der Waals surface area (Å²) in [6.07, 6.45) is 11.5. The first-order valence-electron chi connectivity index (χ1n) is 9.89. The number of hydrogen-bond donors (Lipinski definition) is 3. The van der Waals surface area contributed by atoms with Crippen molar-refractivity contribution in [3.05, 3.63) is 0 Å². The smallest absolute Gasteiger partial charge is 0.223 e. The number of nitrogens with one attached hydrogen (secondary N) is 1. The SMILES string of the molecule is Cl.NC(=O)CC(NC(=O)C1CC2CCCC(C1)C2N)C1CCCCC1. The van der Waals surface area contributed by atoms with E-state index in [1.54, 1.807) is 0 Å². The van der Waals surface area contributed by atoms with Crippen molar-refractivity contribution in [3.8, 4) is 0 Å². The number of amides is 2. The van der Waals surface area contributed by atoms with Crippen LogP contribution in [0.1, 0.15) is 70.6 Å². The number of rotatable bonds is 5. The van der Waals surface area contributed by atoms with E-state index >= 15 is 0 Å². The largest absolute Gasteiger partial charge is 0.370 e. The van der Waals surface area contributed by atoms with Gasteiger partial charge in [0.25, 0.3) is 0 Å². The summed E-state index contributed by atoms with van der Waals surface area (Å²) < 4.78 is 0. The van der Waals surface area contributed by atoms with Crippen LogP contribution < -0.4 is 16.8 Å². The first-order chi connectivity index (χ1) is 11.5. The van der Waals surface area contributed by atoms with Crippen LogP contribution in [-0.4, -0.2) is 23.9 Å². The van der Waals surface area contributed by atoms with E-state index in [1.165, 1.54) is 25.7 Å². The molecule has 3 atom stereocenters. The van der Waals surface area contributed by atoms with E-state index in [4.69, 9.17) is 11.5 Å². The molecule has 3 aliphatic carbocycles. The molecule has 3 unspecified atom stereocenters. The van der Waals surface area contributed by atoms with Gasteiger partial charge in [0.15, 0.2) is 0 Å². The van der Waals surface area contributed by atoms with Crippen LogP contribution in [0.3, 0.4) is 0 Å². The Morgan fingerprint density at radius 1 is 0.960 bits per heavy atom. The van der Waals surface area contributed by atoms with Crippen LogP contribution in [-0.2, 0) is 9.59 Å². The van der Waals surface area contributed by atoms with Gasteiger partial charge >= 0.3 is 0 Å². The Bertz CT molecular complexity index is 454. The summed E-state index contributed by atoms with van der Waals surface area (Å²) in [6, 6.07) is 0.202. The Balaban J connectivity index is 0.00000225. The van der Waals surface area contributed by atoms with Gasteiger partial charge in [0, 0.05) is 24.4 Å². The molecule has 25 heavy (non-hydrogen) atoms. The molecule has 2 amide bonds. The lowest BCUT2D eigenvalue weighted by molar-refractivity contribution is -0.129. The predicted molar refractivity (Wildman–Crippen MR) is 101 cm³/mol. The fourth-order valence-electron chi connectivity index (χ4n) is 5.39. The molecule has 5 nitrogen and oxygen atoms in total. The highest BCUT2D eigenvalue weighted by atomic mass is 35.5. The minimum absolute atomic E-state index is 0. The standard InChI is InChI=1S/C19H33N3O2.ClH/c20-17(23)11-16(12-5-2-1-3-6-12)22-19(24)15-9-13-7-4-8-14(10-15)18(13)21;/h12-16,18H,1-11,21H2,(H2,20,23)(H,22,24);1H. The van der Waals surface area contributed by atoms with Gasteiger partial charge in [0.05, 0.1) is 0 Å². The van der Waals surface area contributed by atoms with Crippen LogP contribution >= 0.6 is 12.4 Å². The third kappa shape index (κ3) is 5.10. The zero-order valence-electron chi connectivity index (χ0n) is 15.1. The van der Waals surface area contributed by atoms with Gasteiger partial charge in [-0.3, -0.25) is 9.59 Å². The monoisotopic (exact) mass is 371 g/mol. The molecular weight excluding hydrogens is 338 g/mol. The maximum Gasteiger partial charge on any atom is 0.223 e. The molecule has 3 rings (SSSR count). The van der Waals surface area contributed by atoms with E-state index in [0.717, 1.165) is 38.5 Å². The second-order valence-electron chi connectivity index (χ2n) is 8.38. The summed E-state index contributed by atoms with van der Waals surface area (Å²) in [5.41, 5.74) is 11.8. The van der Waals surface area contributed by atoms with Gasteiger partial charge in [-0.2, -0.15) is 0 Å². The van der Waals surface area contributed by atoms with Crippen molar-refractivity contribution in [1.29, 1.82) is 0 Å². The first-order valence-corrected chi connectivity index (χ1v) is 9.89. The molecule has 0 radical (unpaired) electrons. The Kier molecular flexibility index (Phi) is 7.56. The second kappa shape index (κ2) is 9.22. The van der Waals surface area contributed by atoms with Crippen LogP contribution in [0.4, 0.5) is 0 Å². The Labute approximate surface area is 157 Å². The fourth-order valence-corrected chi connectivity index (χ4v) is 5.39. The van der Waals surface area contributed by atoms with Crippen molar-refractivity contribution in [2.24, 2.45) is 35.1 Å². The molecule has 0 saturated heterocycles. The second-order valence-corrected chi connectivity index (χ2v) is 8.38. The highest BCUT2D eigenvalue weighted by Crippen LogP contribution is 2.42. The lowest BCUT2D eigenvalue weighted by Gasteiger charge is -2.44. The summed E-state index contributed by atoms with van der Waals surface area (Å²) in [4.78, 5) is 24.3. The lowest BCUT2D eigenvalue weighted by Crippen LogP contribution is -2.51. The van der Waals surface area contributed by atoms with Gasteiger partial charge in [-0.15, -0.1) is 12.4 Å². The van der Waals surface area contributed by atoms with E-state index in [-0.39, 0.29) is 48.6 Å². The number of nitrogens with two attached hydrogens (primary N) is 2. The van der Waals surface area contributed by atoms with E-state index in [1.807, 2.05) is 0 Å². The number of carbonyl (C=O) groups excluding carboxylic acids is 2. The van der Waals surface area contributed by atoms with Crippen LogP contribution in [0.25, 0.3) is 0 Å². The van der Waals surface area contributed by atoms with E-state index in [2.05, 4.69) is 5.32 Å². The molecule has 3 fully saturated rings. The molecule has 6 heteroatoms. The molecule has 0 aliphatic heterocycles. The van der Waals surface area contributed by atoms with Crippen LogP contribution in [0.5, 0.6) is 0 Å². The average molecular weight is 372 g/mol. The van der Waals surface area contributed by atoms with E-state index in [0.29, 0.717) is 17.8 Å². The molecule has 0 spiro atoms. The minimum Gasteiger partial charge on any atom is -0.370 e. The quantitative estimate of drug-likeness (QED) is 0.692. The molecule has 5 N–H and O–H groups in total. The number of fused-ring (bicyclic) bond motifs is 2. The van der Waals surface area contributed by atoms with Crippen molar-refractivity contribution < 1.29 is 9.59 Å². The summed E-state index contributed by atoms with van der Waals surface area (Å²) in [6.45, 7) is 0. The van der Waals surface area contributed by atoms with Gasteiger partial charge < -0.3 is 16.8 Å². The van der Waals surface area contributed by atoms with Gasteiger partial charge in [-0.25, -0.2) is 0 Å². The van der Waals surface area contributed by atoms with Gasteiger partial charge in [0.2, 0.25) is 11.8 Å². The van der Waals surface area contributed by atoms with Gasteiger partial charge in [-0.05, 0) is 56.3 Å². The van der Waals surface area contributed by atoms with Crippen molar-refractivity contribution in [3.63, 3.8) is 0 Å². The third-order valence-corrected chi connectivity index (χ3v) is 6.75. The first kappa shape index (κ1) is 20.5. The summed E-state index contributed by atoms with van der Waals surface area (Å²) in [5.74, 6) is 1.29. The molecule has 0 aromatic carbocycles. The zero-order valence-corrected chi connectivity index (χ0v) is 15.9. The Morgan fingerprint density at radius 3 is 2.12 bits per heavy atom. The molecule has 0 aromatic rings. The van der Waals surface area contributed by atoms with Crippen molar-refractivity contribution >= 4 is 24.2 Å². The van der Waals surface area contributed by atoms with Gasteiger partial charge in [-0.1, -0.05) is 25.7 Å². The summed E-state index contributed by atoms with van der Waals surface area (Å²) in [7, 11) is 0. The fraction of sp³-hybridized carbons (Fsp3) is 0.895. The molecule has 2 bridgehead atoms. The Hall–Kier alpha value is -0.810. The van der Waals surface area contributed by atoms with Crippen molar-refractivity contribution in [2.45, 2.75) is 82.7 Å². The summed E-state index contributed by atoms with van der Waals surface area (Å²) >= 11 is 0. The van der Waals surface area contributed by atoms with Crippen LogP contribution in [0.15, 0.2) is 0 Å². The highest BCUT2D eigenvalue weighted by Gasteiger charge is 2.41. The maximum absolute atomic E-state index is 12.9. The number of primary amides is 1. The third-order valence-electron chi connectivity index (χ3n) is 6.75. The van der Waals surface area contributed by atoms with Crippen molar-refractivity contribution in [2.75, 3.05) is 0 Å². The van der Waals surface area contributed by atoms with Crippen LogP contribution in [0, 0.1) is 23.7 Å². The number of hydrogen-bond acceptors (Lipinski definition) is 3. The number of carbonyl (C=O) groups is 2. The molecule has 3 saturated carbocycles. The van der Waals surface area contributed by atoms with E-state index < -0.39 is 0 Å². The molecule has 144 valence electrons. The predicted octanol–water partition coefficient (Wildman–Crippen LogP) is 2.50. The molecular formula is C19H34ClN3O2. The average Bonchev–Trinajstić information content (AvgIpc) is 2.54. The van der Waals surface area contributed by atoms with Crippen LogP contribution in [0.2, 0.25) is 0 Å². The Morgan fingerprint density at radius 2 is 1.56 bits per heavy atom. The van der Waals surface area contributed by atoms with Crippen molar-refractivity contribution in [1.82, 2.24) is 5.32 Å². The highest BCUT2D eigenvalue weighted by molar-refractivity contribution is 5.85. The minimum atomic E-state index is -0.312. The summed E-state index contributed by atoms with van der Waals surface area (Å²) in [5, 5.41) is 3.21. The zero-order chi connectivity index (χ0) is 17.1. The molecule has 0 aromatic heterocycles. The lowest BCUT2D eigenvalue weighted by atomic mass is 9.65. The van der Waals surface area contributed by atoms with Gasteiger partial charge in [0.1, 0.15) is 0 Å². The topological polar surface area (TPSA) is 98.2 Å². The normalized spacial score (nSPS) is 33.8. The molecule has 3 aliphatic rings.